The smallest absolute Gasteiger partial charge is 0.229 e. The Morgan fingerprint density at radius 3 is 2.91 bits per heavy atom. The number of pyridine rings is 1. The van der Waals surface area contributed by atoms with E-state index in [0.717, 1.165) is 18.7 Å². The summed E-state index contributed by atoms with van der Waals surface area (Å²) in [7, 11) is 2.13. The van der Waals surface area contributed by atoms with Gasteiger partial charge in [-0.2, -0.15) is 0 Å². The number of aryl methyl sites for hydroxylation is 1. The molecule has 0 bridgehead atoms. The van der Waals surface area contributed by atoms with Gasteiger partial charge in [0.05, 0.1) is 5.41 Å². The first-order valence-corrected chi connectivity index (χ1v) is 8.36. The Hall–Kier alpha value is -1.62. The van der Waals surface area contributed by atoms with Crippen LogP contribution in [0.15, 0.2) is 18.3 Å². The summed E-state index contributed by atoms with van der Waals surface area (Å²) in [5.74, 6) is 0.672. The molecule has 1 aliphatic carbocycles. The minimum absolute atomic E-state index is 0.0673. The van der Waals surface area contributed by atoms with Crippen LogP contribution in [0.25, 0.3) is 0 Å². The number of carbonyl (C=O) groups is 1. The third-order valence-corrected chi connectivity index (χ3v) is 5.16. The quantitative estimate of drug-likeness (QED) is 0.902. The molecule has 1 amide bonds. The van der Waals surface area contributed by atoms with Crippen molar-refractivity contribution >= 4 is 5.91 Å². The lowest BCUT2D eigenvalue weighted by Crippen LogP contribution is -2.48. The Kier molecular flexibility index (Phi) is 4.08. The molecule has 1 spiro atoms. The summed E-state index contributed by atoms with van der Waals surface area (Å²) in [5, 5.41) is 3.27. The van der Waals surface area contributed by atoms with Crippen LogP contribution >= 0.6 is 0 Å². The van der Waals surface area contributed by atoms with Gasteiger partial charge in [0.1, 0.15) is 6.61 Å². The van der Waals surface area contributed by atoms with Crippen molar-refractivity contribution in [3.63, 3.8) is 0 Å². The Morgan fingerprint density at radius 2 is 2.26 bits per heavy atom. The lowest BCUT2D eigenvalue weighted by atomic mass is 9.91. The van der Waals surface area contributed by atoms with Crippen molar-refractivity contribution in [2.45, 2.75) is 39.7 Å². The summed E-state index contributed by atoms with van der Waals surface area (Å²) in [6.07, 6.45) is 4.17. The second-order valence-corrected chi connectivity index (χ2v) is 7.88. The van der Waals surface area contributed by atoms with E-state index in [1.165, 1.54) is 12.8 Å². The summed E-state index contributed by atoms with van der Waals surface area (Å²) >= 11 is 0. The van der Waals surface area contributed by atoms with E-state index in [9.17, 15) is 4.79 Å². The van der Waals surface area contributed by atoms with Crippen LogP contribution in [-0.2, 0) is 4.79 Å². The van der Waals surface area contributed by atoms with E-state index >= 15 is 0 Å². The maximum atomic E-state index is 12.7. The highest BCUT2D eigenvalue weighted by molar-refractivity contribution is 5.82. The van der Waals surface area contributed by atoms with Crippen molar-refractivity contribution in [1.82, 2.24) is 15.2 Å². The summed E-state index contributed by atoms with van der Waals surface area (Å²) in [6, 6.07) is 4.11. The molecule has 1 aromatic heterocycles. The van der Waals surface area contributed by atoms with Crippen LogP contribution in [0.1, 0.15) is 32.3 Å². The van der Waals surface area contributed by atoms with E-state index in [1.54, 1.807) is 6.20 Å². The van der Waals surface area contributed by atoms with Gasteiger partial charge in [0.15, 0.2) is 0 Å². The fraction of sp³-hybridized carbons (Fsp3) is 0.667. The van der Waals surface area contributed by atoms with Crippen molar-refractivity contribution in [1.29, 1.82) is 0 Å². The highest BCUT2D eigenvalue weighted by atomic mass is 16.5. The maximum absolute atomic E-state index is 12.7. The SMILES string of the molecule is Cc1cccnc1OCC(C)(C)C(=O)N[C@H]1CN(C)CC12CC2. The normalized spacial score (nSPS) is 23.0. The molecule has 5 nitrogen and oxygen atoms in total. The third kappa shape index (κ3) is 3.34. The van der Waals surface area contributed by atoms with Crippen LogP contribution in [0.3, 0.4) is 0 Å². The molecule has 23 heavy (non-hydrogen) atoms. The van der Waals surface area contributed by atoms with Crippen LogP contribution < -0.4 is 10.1 Å². The Bertz CT molecular complexity index is 596. The molecule has 0 radical (unpaired) electrons. The predicted octanol–water partition coefficient (Wildman–Crippen LogP) is 2.01. The van der Waals surface area contributed by atoms with Gasteiger partial charge in [-0.3, -0.25) is 4.79 Å². The molecule has 0 aromatic carbocycles. The van der Waals surface area contributed by atoms with Crippen LogP contribution in [0, 0.1) is 17.8 Å². The molecule has 1 saturated carbocycles. The number of likely N-dealkylation sites (tertiary alicyclic amines) is 1. The average molecular weight is 317 g/mol. The van der Waals surface area contributed by atoms with E-state index < -0.39 is 5.41 Å². The molecule has 5 heteroatoms. The topological polar surface area (TPSA) is 54.5 Å². The maximum Gasteiger partial charge on any atom is 0.229 e. The van der Waals surface area contributed by atoms with Gasteiger partial charge in [0, 0.05) is 36.3 Å². The van der Waals surface area contributed by atoms with Gasteiger partial charge < -0.3 is 15.0 Å². The largest absolute Gasteiger partial charge is 0.476 e. The number of hydrogen-bond acceptors (Lipinski definition) is 4. The van der Waals surface area contributed by atoms with Gasteiger partial charge >= 0.3 is 0 Å². The number of likely N-dealkylation sites (N-methyl/N-ethyl adjacent to an activating group) is 1. The predicted molar refractivity (Wildman–Crippen MR) is 89.3 cm³/mol. The van der Waals surface area contributed by atoms with Crippen molar-refractivity contribution in [2.75, 3.05) is 26.7 Å². The third-order valence-electron chi connectivity index (χ3n) is 5.16. The van der Waals surface area contributed by atoms with E-state index in [0.29, 0.717) is 17.9 Å². The molecular formula is C18H27N3O2. The van der Waals surface area contributed by atoms with E-state index in [-0.39, 0.29) is 11.9 Å². The molecule has 1 aromatic rings. The van der Waals surface area contributed by atoms with Gasteiger partial charge in [-0.15, -0.1) is 0 Å². The molecule has 1 saturated heterocycles. The Balaban J connectivity index is 1.58. The van der Waals surface area contributed by atoms with Crippen molar-refractivity contribution < 1.29 is 9.53 Å². The van der Waals surface area contributed by atoms with Gasteiger partial charge in [0.25, 0.3) is 0 Å². The average Bonchev–Trinajstić information content (AvgIpc) is 3.19. The number of amides is 1. The van der Waals surface area contributed by atoms with Gasteiger partial charge in [-0.25, -0.2) is 4.98 Å². The first kappa shape index (κ1) is 16.2. The van der Waals surface area contributed by atoms with Gasteiger partial charge in [-0.1, -0.05) is 6.07 Å². The van der Waals surface area contributed by atoms with Gasteiger partial charge in [-0.05, 0) is 46.7 Å². The molecular weight excluding hydrogens is 290 g/mol. The first-order valence-electron chi connectivity index (χ1n) is 8.36. The molecule has 2 fully saturated rings. The molecule has 1 aliphatic heterocycles. The van der Waals surface area contributed by atoms with Gasteiger partial charge in [0.2, 0.25) is 11.8 Å². The Labute approximate surface area is 138 Å². The second kappa shape index (κ2) is 5.78. The monoisotopic (exact) mass is 317 g/mol. The summed E-state index contributed by atoms with van der Waals surface area (Å²) in [6.45, 7) is 8.19. The number of aromatic nitrogens is 1. The van der Waals surface area contributed by atoms with Crippen LogP contribution in [0.5, 0.6) is 5.88 Å². The number of nitrogens with zero attached hydrogens (tertiary/aromatic N) is 2. The van der Waals surface area contributed by atoms with E-state index in [2.05, 4.69) is 22.2 Å². The zero-order valence-electron chi connectivity index (χ0n) is 14.6. The molecule has 126 valence electrons. The summed E-state index contributed by atoms with van der Waals surface area (Å²) in [5.41, 5.74) is 0.734. The van der Waals surface area contributed by atoms with E-state index in [1.807, 2.05) is 32.9 Å². The number of nitrogens with one attached hydrogen (secondary N) is 1. The molecule has 1 atom stereocenters. The zero-order valence-corrected chi connectivity index (χ0v) is 14.6. The van der Waals surface area contributed by atoms with Crippen LogP contribution in [0.4, 0.5) is 0 Å². The van der Waals surface area contributed by atoms with Crippen molar-refractivity contribution in [3.8, 4) is 5.88 Å². The highest BCUT2D eigenvalue weighted by Crippen LogP contribution is 2.52. The number of rotatable bonds is 5. The molecule has 2 aliphatic rings. The second-order valence-electron chi connectivity index (χ2n) is 7.88. The Morgan fingerprint density at radius 1 is 1.52 bits per heavy atom. The van der Waals surface area contributed by atoms with Crippen LogP contribution in [0.2, 0.25) is 0 Å². The van der Waals surface area contributed by atoms with Crippen LogP contribution in [-0.4, -0.2) is 48.6 Å². The number of carbonyl (C=O) groups excluding carboxylic acids is 1. The first-order chi connectivity index (χ1) is 10.8. The van der Waals surface area contributed by atoms with Crippen molar-refractivity contribution in [3.05, 3.63) is 23.9 Å². The molecule has 1 N–H and O–H groups in total. The van der Waals surface area contributed by atoms with Crippen molar-refractivity contribution in [2.24, 2.45) is 10.8 Å². The lowest BCUT2D eigenvalue weighted by Gasteiger charge is -2.28. The fourth-order valence-electron chi connectivity index (χ4n) is 3.37. The fourth-order valence-corrected chi connectivity index (χ4v) is 3.37. The highest BCUT2D eigenvalue weighted by Gasteiger charge is 2.55. The number of ether oxygens (including phenoxy) is 1. The zero-order chi connectivity index (χ0) is 16.7. The minimum atomic E-state index is -0.582. The minimum Gasteiger partial charge on any atom is -0.476 e. The molecule has 3 rings (SSSR count). The number of hydrogen-bond donors (Lipinski definition) is 1. The lowest BCUT2D eigenvalue weighted by molar-refractivity contribution is -0.131. The molecule has 2 heterocycles. The molecule has 0 unspecified atom stereocenters. The standard InChI is InChI=1S/C18H27N3O2/c1-13-6-5-9-19-15(13)23-12-17(2,3)16(22)20-14-10-21(4)11-18(14)7-8-18/h5-6,9,14H,7-8,10-12H2,1-4H3,(H,20,22)/t14-/m0/s1. The summed E-state index contributed by atoms with van der Waals surface area (Å²) < 4.78 is 5.79. The van der Waals surface area contributed by atoms with E-state index in [4.69, 9.17) is 4.74 Å². The summed E-state index contributed by atoms with van der Waals surface area (Å²) in [4.78, 5) is 19.3.